The summed E-state index contributed by atoms with van der Waals surface area (Å²) in [6.07, 6.45) is 6.40. The standard InChI is InChI=1S/C34H31N2O.C18H24NSi.Ir/c1-22(2)25-14-19-28-29(21-37-32(28)20-25)33-35-30-8-6-7-9-31(30)36(33)27-17-12-24(13-18-27)23-10-15-26(16-11-23)34(3,4)5;1-14(2)11-16-12-17(15-9-7-6-8-10-15)19-13-18(16)20(3,4)5;/h6-20,22H,1-5H3;6-9,12-14H,11H2,1-5H3;/q2*-1;. The number of aromatic nitrogens is 3. The summed E-state index contributed by atoms with van der Waals surface area (Å²) in [5, 5.41) is 2.52. The molecule has 3 aromatic heterocycles. The van der Waals surface area contributed by atoms with Crippen LogP contribution in [0.2, 0.25) is 19.6 Å². The summed E-state index contributed by atoms with van der Waals surface area (Å²) >= 11 is 0. The van der Waals surface area contributed by atoms with Crippen LogP contribution in [0.3, 0.4) is 0 Å². The fourth-order valence-corrected chi connectivity index (χ4v) is 9.01. The third-order valence-electron chi connectivity index (χ3n) is 10.6. The quantitative estimate of drug-likeness (QED) is 0.113. The van der Waals surface area contributed by atoms with Crippen LogP contribution in [0.25, 0.3) is 61.5 Å². The van der Waals surface area contributed by atoms with Gasteiger partial charge in [-0.1, -0.05) is 157 Å². The Bertz CT molecular complexity index is 2610. The van der Waals surface area contributed by atoms with Crippen LogP contribution in [-0.2, 0) is 31.9 Å². The molecule has 0 atom stereocenters. The SMILES string of the molecule is CC(C)Cc1cc(-c2[c-]cccc2)ncc1[Si](C)(C)C.CC(C)c1ccc2c(-c3nc4ccccc4n3-c3ccc(-c4ccc(C(C)(C)C)cc4)cc3)[c-]oc2c1.[Ir]. The van der Waals surface area contributed by atoms with Crippen molar-refractivity contribution in [1.29, 1.82) is 0 Å². The van der Waals surface area contributed by atoms with Gasteiger partial charge >= 0.3 is 0 Å². The van der Waals surface area contributed by atoms with E-state index in [-0.39, 0.29) is 25.5 Å². The molecule has 58 heavy (non-hydrogen) atoms. The molecule has 0 saturated carbocycles. The maximum absolute atomic E-state index is 5.91. The molecule has 0 aliphatic rings. The Labute approximate surface area is 360 Å². The number of fused-ring (bicyclic) bond motifs is 2. The second-order valence-electron chi connectivity index (χ2n) is 18.0. The van der Waals surface area contributed by atoms with E-state index < -0.39 is 8.07 Å². The van der Waals surface area contributed by atoms with Gasteiger partial charge in [0.15, 0.2) is 0 Å². The third-order valence-corrected chi connectivity index (χ3v) is 12.7. The summed E-state index contributed by atoms with van der Waals surface area (Å²) in [6.45, 7) is 22.8. The zero-order chi connectivity index (χ0) is 40.5. The molecule has 0 fully saturated rings. The van der Waals surface area contributed by atoms with E-state index in [1.54, 1.807) is 0 Å². The molecule has 0 unspecified atom stereocenters. The van der Waals surface area contributed by atoms with Gasteiger partial charge < -0.3 is 14.0 Å². The van der Waals surface area contributed by atoms with Crippen molar-refractivity contribution in [2.24, 2.45) is 5.92 Å². The van der Waals surface area contributed by atoms with E-state index in [4.69, 9.17) is 9.40 Å². The van der Waals surface area contributed by atoms with Crippen molar-refractivity contribution in [2.45, 2.75) is 85.9 Å². The van der Waals surface area contributed by atoms with E-state index in [0.29, 0.717) is 11.8 Å². The van der Waals surface area contributed by atoms with Gasteiger partial charge in [-0.2, -0.15) is 0 Å². The van der Waals surface area contributed by atoms with E-state index in [1.165, 1.54) is 33.0 Å². The van der Waals surface area contributed by atoms with Crippen molar-refractivity contribution >= 4 is 35.3 Å². The first-order valence-corrected chi connectivity index (χ1v) is 23.8. The van der Waals surface area contributed by atoms with Gasteiger partial charge in [0.2, 0.25) is 0 Å². The van der Waals surface area contributed by atoms with E-state index in [2.05, 4.69) is 193 Å². The minimum absolute atomic E-state index is 0. The molecule has 3 heterocycles. The molecule has 299 valence electrons. The second-order valence-corrected chi connectivity index (χ2v) is 23.0. The Kier molecular flexibility index (Phi) is 12.9. The van der Waals surface area contributed by atoms with Gasteiger partial charge in [-0.25, -0.2) is 0 Å². The molecule has 0 amide bonds. The van der Waals surface area contributed by atoms with Crippen molar-refractivity contribution < 1.29 is 24.5 Å². The molecule has 0 aliphatic carbocycles. The van der Waals surface area contributed by atoms with Crippen LogP contribution in [0, 0.1) is 18.2 Å². The molecule has 0 spiro atoms. The average Bonchev–Trinajstić information content (AvgIpc) is 3.79. The first kappa shape index (κ1) is 42.7. The second kappa shape index (κ2) is 17.5. The third kappa shape index (κ3) is 9.36. The Morgan fingerprint density at radius 1 is 0.776 bits per heavy atom. The van der Waals surface area contributed by atoms with Gasteiger partial charge in [-0.05, 0) is 75.5 Å². The van der Waals surface area contributed by atoms with Crippen LogP contribution < -0.4 is 5.19 Å². The molecule has 4 nitrogen and oxygen atoms in total. The van der Waals surface area contributed by atoms with E-state index in [9.17, 15) is 0 Å². The molecule has 6 heteroatoms. The Morgan fingerprint density at radius 2 is 1.45 bits per heavy atom. The van der Waals surface area contributed by atoms with Crippen molar-refractivity contribution in [3.63, 3.8) is 0 Å². The monoisotopic (exact) mass is 958 g/mol. The Balaban J connectivity index is 0.000000230. The van der Waals surface area contributed by atoms with Gasteiger partial charge in [-0.15, -0.1) is 42.0 Å². The molecule has 0 N–H and O–H groups in total. The number of pyridine rings is 1. The Morgan fingerprint density at radius 3 is 2.07 bits per heavy atom. The van der Waals surface area contributed by atoms with Gasteiger partial charge in [0.05, 0.1) is 24.9 Å². The molecular weight excluding hydrogens is 903 g/mol. The first-order chi connectivity index (χ1) is 27.2. The van der Waals surface area contributed by atoms with Crippen LogP contribution in [0.4, 0.5) is 0 Å². The number of nitrogens with zero attached hydrogens (tertiary/aromatic N) is 3. The molecule has 0 bridgehead atoms. The predicted molar refractivity (Wildman–Crippen MR) is 243 cm³/mol. The molecule has 8 aromatic rings. The summed E-state index contributed by atoms with van der Waals surface area (Å²) in [5.74, 6) is 1.94. The number of rotatable bonds is 8. The van der Waals surface area contributed by atoms with E-state index in [1.807, 2.05) is 24.3 Å². The maximum Gasteiger partial charge on any atom is 0.0798 e. The molecule has 5 aromatic carbocycles. The van der Waals surface area contributed by atoms with Crippen LogP contribution in [-0.4, -0.2) is 22.6 Å². The zero-order valence-electron chi connectivity index (χ0n) is 35.6. The van der Waals surface area contributed by atoms with Crippen molar-refractivity contribution in [2.75, 3.05) is 0 Å². The van der Waals surface area contributed by atoms with Crippen LogP contribution in [0.5, 0.6) is 0 Å². The van der Waals surface area contributed by atoms with Crippen LogP contribution in [0.15, 0.2) is 132 Å². The van der Waals surface area contributed by atoms with Gasteiger partial charge in [-0.3, -0.25) is 4.98 Å². The number of hydrogen-bond donors (Lipinski definition) is 0. The van der Waals surface area contributed by atoms with Gasteiger partial charge in [0, 0.05) is 43.8 Å². The van der Waals surface area contributed by atoms with E-state index in [0.717, 1.165) is 56.8 Å². The van der Waals surface area contributed by atoms with E-state index >= 15 is 0 Å². The summed E-state index contributed by atoms with van der Waals surface area (Å²) < 4.78 is 8.12. The summed E-state index contributed by atoms with van der Waals surface area (Å²) in [6, 6.07) is 45.9. The smallest absolute Gasteiger partial charge is 0.0798 e. The summed E-state index contributed by atoms with van der Waals surface area (Å²) in [7, 11) is -1.34. The summed E-state index contributed by atoms with van der Waals surface area (Å²) in [4.78, 5) is 9.71. The minimum Gasteiger partial charge on any atom is -0.557 e. The predicted octanol–water partition coefficient (Wildman–Crippen LogP) is 13.6. The molecule has 0 saturated heterocycles. The van der Waals surface area contributed by atoms with Crippen molar-refractivity contribution in [3.05, 3.63) is 157 Å². The van der Waals surface area contributed by atoms with Gasteiger partial charge in [0.25, 0.3) is 0 Å². The number of hydrogen-bond acceptors (Lipinski definition) is 3. The molecule has 0 aliphatic heterocycles. The molecule has 8 rings (SSSR count). The Hall–Kier alpha value is -4.87. The summed E-state index contributed by atoms with van der Waals surface area (Å²) in [5.41, 5.74) is 13.5. The topological polar surface area (TPSA) is 43.9 Å². The number of para-hydroxylation sites is 2. The maximum atomic E-state index is 5.91. The first-order valence-electron chi connectivity index (χ1n) is 20.3. The largest absolute Gasteiger partial charge is 0.557 e. The van der Waals surface area contributed by atoms with Crippen LogP contribution in [0.1, 0.15) is 71.1 Å². The number of imidazole rings is 1. The minimum atomic E-state index is -1.34. The number of benzene rings is 5. The fraction of sp³-hybridized carbons (Fsp3) is 0.269. The molecule has 1 radical (unpaired) electrons. The molecular formula is C52H55IrN3OSi-2. The fourth-order valence-electron chi connectivity index (χ4n) is 7.42. The average molecular weight is 958 g/mol. The van der Waals surface area contributed by atoms with Gasteiger partial charge in [0.1, 0.15) is 0 Å². The van der Waals surface area contributed by atoms with Crippen molar-refractivity contribution in [3.8, 4) is 39.5 Å². The normalized spacial score (nSPS) is 11.9. The van der Waals surface area contributed by atoms with Crippen LogP contribution >= 0.6 is 0 Å². The number of furan rings is 1. The zero-order valence-corrected chi connectivity index (χ0v) is 39.0. The van der Waals surface area contributed by atoms with Crippen molar-refractivity contribution in [1.82, 2.24) is 14.5 Å².